The molecule has 2 heterocycles. The topological polar surface area (TPSA) is 149 Å². The van der Waals surface area contributed by atoms with Crippen molar-refractivity contribution in [3.8, 4) is 11.3 Å². The highest BCUT2D eigenvalue weighted by Gasteiger charge is 2.28. The van der Waals surface area contributed by atoms with Crippen LogP contribution in [0.15, 0.2) is 59.0 Å². The second kappa shape index (κ2) is 10.3. The lowest BCUT2D eigenvalue weighted by Crippen LogP contribution is -2.48. The van der Waals surface area contributed by atoms with E-state index in [1.54, 1.807) is 28.9 Å². The summed E-state index contributed by atoms with van der Waals surface area (Å²) in [6, 6.07) is 13.2. The molecule has 0 spiro atoms. The normalized spacial score (nSPS) is 13.4. The van der Waals surface area contributed by atoms with Gasteiger partial charge >= 0.3 is 5.97 Å². The Kier molecular flexibility index (Phi) is 6.95. The number of nitro benzene ring substituents is 2. The Balaban J connectivity index is 1.45. The molecule has 1 amide bonds. The first kappa shape index (κ1) is 24.4. The third-order valence-corrected chi connectivity index (χ3v) is 5.75. The fourth-order valence-electron chi connectivity index (χ4n) is 3.97. The zero-order valence-electron chi connectivity index (χ0n) is 19.3. The summed E-state index contributed by atoms with van der Waals surface area (Å²) in [5.74, 6) is -0.559. The number of non-ortho nitro benzene ring substituents is 1. The monoisotopic (exact) mass is 494 g/mol. The molecule has 0 atom stereocenters. The highest BCUT2D eigenvalue weighted by atomic mass is 16.6. The van der Waals surface area contributed by atoms with Crippen LogP contribution in [0.2, 0.25) is 0 Å². The van der Waals surface area contributed by atoms with E-state index in [-0.39, 0.29) is 35.2 Å². The van der Waals surface area contributed by atoms with Gasteiger partial charge in [-0.1, -0.05) is 12.1 Å². The molecule has 0 unspecified atom stereocenters. The maximum Gasteiger partial charge on any atom is 0.338 e. The SMILES string of the molecule is CCOC(=O)c1ccc(N2CCN(C(=O)c3ccc(-c4cccc([N+](=O)[O-])c4)o3)CC2)c([N+](=O)[O-])c1. The van der Waals surface area contributed by atoms with E-state index in [4.69, 9.17) is 9.15 Å². The van der Waals surface area contributed by atoms with Crippen LogP contribution in [-0.2, 0) is 4.74 Å². The number of hydrogen-bond donors (Lipinski definition) is 0. The lowest BCUT2D eigenvalue weighted by Gasteiger charge is -2.35. The van der Waals surface area contributed by atoms with Gasteiger partial charge in [0.05, 0.1) is 22.0 Å². The number of benzene rings is 2. The second-order valence-electron chi connectivity index (χ2n) is 7.93. The zero-order valence-corrected chi connectivity index (χ0v) is 19.3. The quantitative estimate of drug-likeness (QED) is 0.271. The minimum absolute atomic E-state index is 0.0859. The number of carbonyl (C=O) groups is 2. The molecule has 12 nitrogen and oxygen atoms in total. The summed E-state index contributed by atoms with van der Waals surface area (Å²) in [5, 5.41) is 22.7. The molecule has 2 aromatic carbocycles. The van der Waals surface area contributed by atoms with Gasteiger partial charge in [-0.3, -0.25) is 25.0 Å². The van der Waals surface area contributed by atoms with Gasteiger partial charge in [0.25, 0.3) is 17.3 Å². The fraction of sp³-hybridized carbons (Fsp3) is 0.250. The van der Waals surface area contributed by atoms with Gasteiger partial charge < -0.3 is 19.0 Å². The Morgan fingerprint density at radius 2 is 1.72 bits per heavy atom. The second-order valence-corrected chi connectivity index (χ2v) is 7.93. The van der Waals surface area contributed by atoms with Crippen LogP contribution in [0.1, 0.15) is 27.8 Å². The van der Waals surface area contributed by atoms with Gasteiger partial charge in [0, 0.05) is 49.9 Å². The zero-order chi connectivity index (χ0) is 25.8. The van der Waals surface area contributed by atoms with E-state index < -0.39 is 15.8 Å². The Hall–Kier alpha value is -4.74. The lowest BCUT2D eigenvalue weighted by molar-refractivity contribution is -0.384. The fourth-order valence-corrected chi connectivity index (χ4v) is 3.97. The number of nitrogens with zero attached hydrogens (tertiary/aromatic N) is 4. The predicted molar refractivity (Wildman–Crippen MR) is 128 cm³/mol. The van der Waals surface area contributed by atoms with Crippen molar-refractivity contribution >= 4 is 28.9 Å². The summed E-state index contributed by atoms with van der Waals surface area (Å²) in [5.41, 5.74) is 0.626. The van der Waals surface area contributed by atoms with Gasteiger partial charge in [0.15, 0.2) is 5.76 Å². The maximum absolute atomic E-state index is 13.0. The molecular formula is C24H22N4O8. The van der Waals surface area contributed by atoms with Crippen LogP contribution in [0.25, 0.3) is 11.3 Å². The van der Waals surface area contributed by atoms with E-state index in [0.717, 1.165) is 0 Å². The van der Waals surface area contributed by atoms with Crippen molar-refractivity contribution in [3.63, 3.8) is 0 Å². The Bertz CT molecular complexity index is 1330. The first-order valence-electron chi connectivity index (χ1n) is 11.1. The third-order valence-electron chi connectivity index (χ3n) is 5.75. The largest absolute Gasteiger partial charge is 0.462 e. The van der Waals surface area contributed by atoms with Gasteiger partial charge in [-0.15, -0.1) is 0 Å². The van der Waals surface area contributed by atoms with Gasteiger partial charge in [-0.05, 0) is 31.2 Å². The number of furan rings is 1. The molecule has 0 aliphatic carbocycles. The van der Waals surface area contributed by atoms with Crippen molar-refractivity contribution in [3.05, 3.63) is 86.1 Å². The molecule has 4 rings (SSSR count). The van der Waals surface area contributed by atoms with E-state index in [2.05, 4.69) is 0 Å². The molecule has 0 saturated carbocycles. The van der Waals surface area contributed by atoms with Crippen LogP contribution in [0.5, 0.6) is 0 Å². The average molecular weight is 494 g/mol. The van der Waals surface area contributed by atoms with Crippen LogP contribution >= 0.6 is 0 Å². The van der Waals surface area contributed by atoms with Gasteiger partial charge in [-0.25, -0.2) is 4.79 Å². The molecular weight excluding hydrogens is 472 g/mol. The summed E-state index contributed by atoms with van der Waals surface area (Å²) >= 11 is 0. The molecule has 1 fully saturated rings. The molecule has 186 valence electrons. The number of hydrogen-bond acceptors (Lipinski definition) is 9. The minimum atomic E-state index is -0.634. The highest BCUT2D eigenvalue weighted by molar-refractivity contribution is 5.93. The number of anilines is 1. The van der Waals surface area contributed by atoms with E-state index in [0.29, 0.717) is 43.2 Å². The van der Waals surface area contributed by atoms with Crippen molar-refractivity contribution < 1.29 is 28.6 Å². The van der Waals surface area contributed by atoms with Crippen LogP contribution in [-0.4, -0.2) is 59.4 Å². The summed E-state index contributed by atoms with van der Waals surface area (Å²) in [6.45, 7) is 3.07. The van der Waals surface area contributed by atoms with Crippen molar-refractivity contribution in [2.24, 2.45) is 0 Å². The highest BCUT2D eigenvalue weighted by Crippen LogP contribution is 2.31. The van der Waals surface area contributed by atoms with E-state index in [1.807, 2.05) is 0 Å². The van der Waals surface area contributed by atoms with Crippen LogP contribution in [0.4, 0.5) is 17.1 Å². The number of esters is 1. The molecule has 1 saturated heterocycles. The van der Waals surface area contributed by atoms with E-state index in [1.165, 1.54) is 42.5 Å². The first-order valence-corrected chi connectivity index (χ1v) is 11.1. The molecule has 1 aromatic heterocycles. The molecule has 36 heavy (non-hydrogen) atoms. The molecule has 0 bridgehead atoms. The van der Waals surface area contributed by atoms with Crippen LogP contribution < -0.4 is 4.90 Å². The maximum atomic E-state index is 13.0. The third kappa shape index (κ3) is 5.02. The van der Waals surface area contributed by atoms with Crippen molar-refractivity contribution in [2.45, 2.75) is 6.92 Å². The van der Waals surface area contributed by atoms with Gasteiger partial charge in [0.1, 0.15) is 11.4 Å². The first-order chi connectivity index (χ1) is 17.3. The summed E-state index contributed by atoms with van der Waals surface area (Å²) in [6.07, 6.45) is 0. The number of ether oxygens (including phenoxy) is 1. The number of amides is 1. The number of piperazine rings is 1. The van der Waals surface area contributed by atoms with E-state index >= 15 is 0 Å². The van der Waals surface area contributed by atoms with Crippen LogP contribution in [0.3, 0.4) is 0 Å². The summed E-state index contributed by atoms with van der Waals surface area (Å²) < 4.78 is 10.6. The number of nitro groups is 2. The summed E-state index contributed by atoms with van der Waals surface area (Å²) in [4.78, 5) is 49.9. The Morgan fingerprint density at radius 1 is 0.972 bits per heavy atom. The Labute approximate surface area is 205 Å². The number of rotatable bonds is 7. The minimum Gasteiger partial charge on any atom is -0.462 e. The Morgan fingerprint density at radius 3 is 2.39 bits per heavy atom. The molecule has 1 aliphatic heterocycles. The molecule has 1 aliphatic rings. The molecule has 3 aromatic rings. The van der Waals surface area contributed by atoms with Crippen molar-refractivity contribution in [1.29, 1.82) is 0 Å². The molecule has 0 radical (unpaired) electrons. The van der Waals surface area contributed by atoms with E-state index in [9.17, 15) is 29.8 Å². The number of carbonyl (C=O) groups excluding carboxylic acids is 2. The molecule has 0 N–H and O–H groups in total. The standard InChI is InChI=1S/C24H22N4O8/c1-2-35-24(30)17-6-7-19(20(15-17)28(33)34)25-10-12-26(13-11-25)23(29)22-9-8-21(36-22)16-4-3-5-18(14-16)27(31)32/h3-9,14-15H,2,10-13H2,1H3. The van der Waals surface area contributed by atoms with Gasteiger partial charge in [0.2, 0.25) is 0 Å². The van der Waals surface area contributed by atoms with Gasteiger partial charge in [-0.2, -0.15) is 0 Å². The predicted octanol–water partition coefficient (Wildman–Crippen LogP) is 3.90. The lowest BCUT2D eigenvalue weighted by atomic mass is 10.1. The smallest absolute Gasteiger partial charge is 0.338 e. The molecule has 12 heteroatoms. The average Bonchev–Trinajstić information content (AvgIpc) is 3.38. The van der Waals surface area contributed by atoms with Crippen molar-refractivity contribution in [2.75, 3.05) is 37.7 Å². The summed E-state index contributed by atoms with van der Waals surface area (Å²) in [7, 11) is 0. The van der Waals surface area contributed by atoms with Crippen molar-refractivity contribution in [1.82, 2.24) is 4.90 Å². The van der Waals surface area contributed by atoms with Crippen LogP contribution in [0, 0.1) is 20.2 Å².